The van der Waals surface area contributed by atoms with Gasteiger partial charge in [0.15, 0.2) is 0 Å². The molecular formula is C23H25FN4O2S2. The number of rotatable bonds is 6. The average molecular weight is 473 g/mol. The Morgan fingerprint density at radius 2 is 1.91 bits per heavy atom. The van der Waals surface area contributed by atoms with E-state index in [0.29, 0.717) is 46.9 Å². The fourth-order valence-corrected chi connectivity index (χ4v) is 6.36. The molecule has 0 aliphatic carbocycles. The first kappa shape index (κ1) is 22.6. The number of hydrogen-bond donors (Lipinski definition) is 1. The van der Waals surface area contributed by atoms with Crippen molar-refractivity contribution in [1.29, 1.82) is 0 Å². The zero-order valence-electron chi connectivity index (χ0n) is 17.9. The zero-order chi connectivity index (χ0) is 22.7. The van der Waals surface area contributed by atoms with E-state index in [0.717, 1.165) is 6.42 Å². The second-order valence-corrected chi connectivity index (χ2v) is 11.0. The second-order valence-electron chi connectivity index (χ2n) is 8.23. The minimum absolute atomic E-state index is 0.274. The molecule has 1 fully saturated rings. The SMILES string of the molecule is CC1CC(C)CN(S(=O)(=O)c2cccc(-c3csc(NN=Cc4ccccc4F)n3)c2)C1. The van der Waals surface area contributed by atoms with Crippen LogP contribution in [0.15, 0.2) is 63.9 Å². The van der Waals surface area contributed by atoms with Crippen molar-refractivity contribution in [3.63, 3.8) is 0 Å². The van der Waals surface area contributed by atoms with Crippen LogP contribution in [0.1, 0.15) is 25.8 Å². The van der Waals surface area contributed by atoms with E-state index in [1.54, 1.807) is 40.7 Å². The van der Waals surface area contributed by atoms with Gasteiger partial charge in [-0.25, -0.2) is 17.8 Å². The summed E-state index contributed by atoms with van der Waals surface area (Å²) >= 11 is 1.34. The summed E-state index contributed by atoms with van der Waals surface area (Å²) in [6, 6.07) is 13.2. The van der Waals surface area contributed by atoms with Crippen LogP contribution in [0.2, 0.25) is 0 Å². The normalized spacial score (nSPS) is 20.0. The quantitative estimate of drug-likeness (QED) is 0.402. The first-order valence-corrected chi connectivity index (χ1v) is 12.7. The molecule has 0 bridgehead atoms. The van der Waals surface area contributed by atoms with Crippen LogP contribution in [0, 0.1) is 17.7 Å². The van der Waals surface area contributed by atoms with Crippen LogP contribution in [0.5, 0.6) is 0 Å². The maximum absolute atomic E-state index is 13.7. The van der Waals surface area contributed by atoms with Crippen LogP contribution in [-0.2, 0) is 10.0 Å². The third-order valence-corrected chi connectivity index (χ3v) is 7.95. The number of piperidine rings is 1. The van der Waals surface area contributed by atoms with Crippen LogP contribution < -0.4 is 5.43 Å². The Bertz CT molecular complexity index is 1220. The van der Waals surface area contributed by atoms with Crippen LogP contribution >= 0.6 is 11.3 Å². The van der Waals surface area contributed by atoms with Gasteiger partial charge in [0.25, 0.3) is 0 Å². The minimum atomic E-state index is -3.57. The van der Waals surface area contributed by atoms with Crippen molar-refractivity contribution in [2.24, 2.45) is 16.9 Å². The molecule has 168 valence electrons. The highest BCUT2D eigenvalue weighted by molar-refractivity contribution is 7.89. The van der Waals surface area contributed by atoms with Crippen molar-refractivity contribution in [2.45, 2.75) is 25.2 Å². The first-order valence-electron chi connectivity index (χ1n) is 10.4. The van der Waals surface area contributed by atoms with Crippen LogP contribution in [-0.4, -0.2) is 37.0 Å². The van der Waals surface area contributed by atoms with Gasteiger partial charge in [-0.1, -0.05) is 44.2 Å². The molecule has 1 aromatic heterocycles. The number of thiazole rings is 1. The van der Waals surface area contributed by atoms with Crippen molar-refractivity contribution in [3.8, 4) is 11.3 Å². The number of anilines is 1. The van der Waals surface area contributed by atoms with Crippen LogP contribution in [0.25, 0.3) is 11.3 Å². The van der Waals surface area contributed by atoms with Crippen molar-refractivity contribution in [3.05, 3.63) is 65.3 Å². The molecule has 4 rings (SSSR count). The molecule has 32 heavy (non-hydrogen) atoms. The van der Waals surface area contributed by atoms with Gasteiger partial charge in [0.2, 0.25) is 15.2 Å². The summed E-state index contributed by atoms with van der Waals surface area (Å²) in [4.78, 5) is 4.76. The number of nitrogens with one attached hydrogen (secondary N) is 1. The molecule has 9 heteroatoms. The smallest absolute Gasteiger partial charge is 0.243 e. The summed E-state index contributed by atoms with van der Waals surface area (Å²) < 4.78 is 41.7. The number of benzene rings is 2. The molecule has 0 saturated carbocycles. The Kier molecular flexibility index (Phi) is 6.68. The molecule has 1 N–H and O–H groups in total. The Morgan fingerprint density at radius 1 is 1.16 bits per heavy atom. The standard InChI is InChI=1S/C23H25FN4O2S2/c1-16-10-17(2)14-28(13-16)32(29,30)20-8-5-7-18(11-20)22-15-31-23(26-22)27-25-12-19-6-3-4-9-21(19)24/h3-9,11-12,15-17H,10,13-14H2,1-2H3,(H,26,27). The summed E-state index contributed by atoms with van der Waals surface area (Å²) in [6.45, 7) is 5.27. The molecule has 2 heterocycles. The highest BCUT2D eigenvalue weighted by Crippen LogP contribution is 2.30. The van der Waals surface area contributed by atoms with Crippen LogP contribution in [0.4, 0.5) is 9.52 Å². The molecule has 0 radical (unpaired) electrons. The molecule has 6 nitrogen and oxygen atoms in total. The van der Waals surface area contributed by atoms with E-state index < -0.39 is 10.0 Å². The van der Waals surface area contributed by atoms with Gasteiger partial charge in [-0.2, -0.15) is 9.41 Å². The number of sulfonamides is 1. The number of hydrazone groups is 1. The molecule has 1 saturated heterocycles. The Morgan fingerprint density at radius 3 is 2.66 bits per heavy atom. The van der Waals surface area contributed by atoms with Gasteiger partial charge in [0, 0.05) is 29.6 Å². The average Bonchev–Trinajstić information content (AvgIpc) is 3.23. The molecule has 1 aliphatic heterocycles. The lowest BCUT2D eigenvalue weighted by molar-refractivity contribution is 0.222. The fourth-order valence-electron chi connectivity index (χ4n) is 3.96. The lowest BCUT2D eigenvalue weighted by Gasteiger charge is -2.34. The van der Waals surface area contributed by atoms with Crippen molar-refractivity contribution >= 4 is 32.7 Å². The number of hydrogen-bond acceptors (Lipinski definition) is 6. The maximum Gasteiger partial charge on any atom is 0.243 e. The van der Waals surface area contributed by atoms with E-state index in [2.05, 4.69) is 29.4 Å². The van der Waals surface area contributed by atoms with Gasteiger partial charge in [-0.3, -0.25) is 5.43 Å². The summed E-state index contributed by atoms with van der Waals surface area (Å²) in [6.07, 6.45) is 2.43. The van der Waals surface area contributed by atoms with Gasteiger partial charge in [-0.15, -0.1) is 11.3 Å². The highest BCUT2D eigenvalue weighted by atomic mass is 32.2. The Labute approximate surface area is 191 Å². The topological polar surface area (TPSA) is 74.7 Å². The predicted octanol–water partition coefficient (Wildman–Crippen LogP) is 5.06. The Balaban J connectivity index is 1.50. The lowest BCUT2D eigenvalue weighted by Crippen LogP contribution is -2.42. The molecule has 2 atom stereocenters. The Hall–Kier alpha value is -2.62. The largest absolute Gasteiger partial charge is 0.253 e. The minimum Gasteiger partial charge on any atom is -0.253 e. The van der Waals surface area contributed by atoms with E-state index in [-0.39, 0.29) is 10.7 Å². The first-order chi connectivity index (χ1) is 15.3. The molecule has 3 aromatic rings. The van der Waals surface area contributed by atoms with Crippen LogP contribution in [0.3, 0.4) is 0 Å². The predicted molar refractivity (Wildman–Crippen MR) is 127 cm³/mol. The molecular weight excluding hydrogens is 447 g/mol. The van der Waals surface area contributed by atoms with E-state index in [9.17, 15) is 12.8 Å². The number of halogens is 1. The van der Waals surface area contributed by atoms with Crippen molar-refractivity contribution in [1.82, 2.24) is 9.29 Å². The third kappa shape index (κ3) is 5.06. The van der Waals surface area contributed by atoms with E-state index in [1.807, 2.05) is 11.4 Å². The second kappa shape index (κ2) is 9.48. The monoisotopic (exact) mass is 472 g/mol. The number of aromatic nitrogens is 1. The van der Waals surface area contributed by atoms with E-state index >= 15 is 0 Å². The summed E-state index contributed by atoms with van der Waals surface area (Å²) in [5.74, 6) is 0.330. The third-order valence-electron chi connectivity index (χ3n) is 5.38. The highest BCUT2D eigenvalue weighted by Gasteiger charge is 2.31. The fraction of sp³-hybridized carbons (Fsp3) is 0.304. The molecule has 2 aromatic carbocycles. The summed E-state index contributed by atoms with van der Waals surface area (Å²) in [7, 11) is -3.57. The molecule has 1 aliphatic rings. The molecule has 0 spiro atoms. The van der Waals surface area contributed by atoms with Gasteiger partial charge < -0.3 is 0 Å². The molecule has 0 amide bonds. The van der Waals surface area contributed by atoms with E-state index in [4.69, 9.17) is 0 Å². The zero-order valence-corrected chi connectivity index (χ0v) is 19.5. The van der Waals surface area contributed by atoms with Gasteiger partial charge >= 0.3 is 0 Å². The van der Waals surface area contributed by atoms with Gasteiger partial charge in [0.1, 0.15) is 5.82 Å². The number of nitrogens with zero attached hydrogens (tertiary/aromatic N) is 3. The van der Waals surface area contributed by atoms with Crippen molar-refractivity contribution in [2.75, 3.05) is 18.5 Å². The van der Waals surface area contributed by atoms with Gasteiger partial charge in [-0.05, 0) is 36.5 Å². The van der Waals surface area contributed by atoms with Gasteiger partial charge in [0.05, 0.1) is 16.8 Å². The van der Waals surface area contributed by atoms with E-state index in [1.165, 1.54) is 23.6 Å². The molecule has 2 unspecified atom stereocenters. The maximum atomic E-state index is 13.7. The van der Waals surface area contributed by atoms with Crippen molar-refractivity contribution < 1.29 is 12.8 Å². The summed E-state index contributed by atoms with van der Waals surface area (Å²) in [5.41, 5.74) is 4.54. The summed E-state index contributed by atoms with van der Waals surface area (Å²) in [5, 5.41) is 6.40. The lowest BCUT2D eigenvalue weighted by atomic mass is 9.94.